The maximum Gasteiger partial charge on any atom is 0.225 e. The van der Waals surface area contributed by atoms with Crippen LogP contribution in [0.15, 0.2) is 23.3 Å². The van der Waals surface area contributed by atoms with Gasteiger partial charge in [0.25, 0.3) is 0 Å². The van der Waals surface area contributed by atoms with Crippen LogP contribution >= 0.6 is 0 Å². The van der Waals surface area contributed by atoms with Crippen molar-refractivity contribution < 1.29 is 4.79 Å². The molecule has 1 aromatic rings. The van der Waals surface area contributed by atoms with Gasteiger partial charge >= 0.3 is 0 Å². The van der Waals surface area contributed by atoms with Gasteiger partial charge in [0.05, 0.1) is 13.1 Å². The zero-order valence-electron chi connectivity index (χ0n) is 18.4. The summed E-state index contributed by atoms with van der Waals surface area (Å²) in [6.07, 6.45) is 6.71. The molecule has 0 spiro atoms. The number of aryl methyl sites for hydroxylation is 1. The SMILES string of the molecule is CCNC(=NCCN1CCN(C(=O)C2CCCC2)CC1)N(C)Cc1cccn1C. The molecule has 3 rings (SSSR count). The molecule has 2 aliphatic rings. The minimum atomic E-state index is 0.300. The standard InChI is InChI=1S/C22H38N6O/c1-4-23-22(26(3)18-20-10-7-12-25(20)2)24-11-13-27-14-16-28(17-15-27)21(29)19-8-5-6-9-19/h7,10,12,19H,4-6,8-9,11,13-18H2,1-3H3,(H,23,24). The molecule has 2 fully saturated rings. The van der Waals surface area contributed by atoms with Crippen LogP contribution in [-0.2, 0) is 18.4 Å². The van der Waals surface area contributed by atoms with Crippen molar-refractivity contribution in [3.05, 3.63) is 24.0 Å². The lowest BCUT2D eigenvalue weighted by Crippen LogP contribution is -2.50. The molecule has 29 heavy (non-hydrogen) atoms. The summed E-state index contributed by atoms with van der Waals surface area (Å²) >= 11 is 0. The highest BCUT2D eigenvalue weighted by atomic mass is 16.2. The molecule has 1 aliphatic heterocycles. The molecule has 7 nitrogen and oxygen atoms in total. The third-order valence-electron chi connectivity index (χ3n) is 6.21. The summed E-state index contributed by atoms with van der Waals surface area (Å²) in [4.78, 5) is 24.1. The molecule has 1 aliphatic carbocycles. The second-order valence-electron chi connectivity index (χ2n) is 8.35. The van der Waals surface area contributed by atoms with Gasteiger partial charge in [-0.25, -0.2) is 0 Å². The Morgan fingerprint density at radius 2 is 1.97 bits per heavy atom. The van der Waals surface area contributed by atoms with Crippen LogP contribution in [0.25, 0.3) is 0 Å². The molecule has 0 aromatic carbocycles. The highest BCUT2D eigenvalue weighted by Gasteiger charge is 2.29. The van der Waals surface area contributed by atoms with Crippen molar-refractivity contribution in [2.24, 2.45) is 18.0 Å². The van der Waals surface area contributed by atoms with Crippen molar-refractivity contribution in [3.63, 3.8) is 0 Å². The Kier molecular flexibility index (Phi) is 7.98. The van der Waals surface area contributed by atoms with Crippen molar-refractivity contribution in [2.75, 3.05) is 52.9 Å². The lowest BCUT2D eigenvalue weighted by molar-refractivity contribution is -0.137. The first-order chi connectivity index (χ1) is 14.1. The molecule has 0 unspecified atom stereocenters. The average molecular weight is 403 g/mol. The van der Waals surface area contributed by atoms with E-state index in [-0.39, 0.29) is 0 Å². The second kappa shape index (κ2) is 10.7. The summed E-state index contributed by atoms with van der Waals surface area (Å²) in [6.45, 7) is 9.17. The van der Waals surface area contributed by atoms with E-state index in [0.29, 0.717) is 11.8 Å². The number of carbonyl (C=O) groups is 1. The van der Waals surface area contributed by atoms with Gasteiger partial charge in [-0.2, -0.15) is 0 Å². The summed E-state index contributed by atoms with van der Waals surface area (Å²) in [6, 6.07) is 4.22. The van der Waals surface area contributed by atoms with Gasteiger partial charge in [0.15, 0.2) is 5.96 Å². The van der Waals surface area contributed by atoms with Crippen molar-refractivity contribution >= 4 is 11.9 Å². The lowest BCUT2D eigenvalue weighted by Gasteiger charge is -2.35. The summed E-state index contributed by atoms with van der Waals surface area (Å²) in [5.41, 5.74) is 1.26. The van der Waals surface area contributed by atoms with Gasteiger partial charge in [0.2, 0.25) is 5.91 Å². The van der Waals surface area contributed by atoms with E-state index >= 15 is 0 Å². The van der Waals surface area contributed by atoms with Crippen LogP contribution in [0, 0.1) is 5.92 Å². The fourth-order valence-corrected chi connectivity index (χ4v) is 4.37. The number of carbonyl (C=O) groups excluding carboxylic acids is 1. The molecule has 7 heteroatoms. The summed E-state index contributed by atoms with van der Waals surface area (Å²) in [5, 5.41) is 3.40. The summed E-state index contributed by atoms with van der Waals surface area (Å²) in [7, 11) is 4.16. The molecule has 162 valence electrons. The van der Waals surface area contributed by atoms with Crippen LogP contribution in [0.5, 0.6) is 0 Å². The van der Waals surface area contributed by atoms with Crippen LogP contribution in [0.4, 0.5) is 0 Å². The first kappa shape index (κ1) is 21.7. The number of hydrogen-bond donors (Lipinski definition) is 1. The van der Waals surface area contributed by atoms with Crippen molar-refractivity contribution in [2.45, 2.75) is 39.2 Å². The van der Waals surface area contributed by atoms with Crippen LogP contribution in [-0.4, -0.2) is 84.0 Å². The van der Waals surface area contributed by atoms with Gasteiger partial charge in [0, 0.05) is 71.2 Å². The van der Waals surface area contributed by atoms with E-state index < -0.39 is 0 Å². The molecule has 1 N–H and O–H groups in total. The van der Waals surface area contributed by atoms with E-state index in [4.69, 9.17) is 4.99 Å². The van der Waals surface area contributed by atoms with Gasteiger partial charge in [-0.3, -0.25) is 14.7 Å². The number of piperazine rings is 1. The Morgan fingerprint density at radius 3 is 2.59 bits per heavy atom. The van der Waals surface area contributed by atoms with Crippen LogP contribution in [0.2, 0.25) is 0 Å². The molecule has 1 amide bonds. The predicted octanol–water partition coefficient (Wildman–Crippen LogP) is 1.76. The number of rotatable bonds is 7. The zero-order chi connectivity index (χ0) is 20.6. The maximum absolute atomic E-state index is 12.6. The van der Waals surface area contributed by atoms with Crippen molar-refractivity contribution in [3.8, 4) is 0 Å². The molecule has 2 heterocycles. The van der Waals surface area contributed by atoms with E-state index in [2.05, 4.69) is 63.9 Å². The number of amides is 1. The van der Waals surface area contributed by atoms with E-state index in [1.54, 1.807) is 0 Å². The molecule has 0 radical (unpaired) electrons. The fourth-order valence-electron chi connectivity index (χ4n) is 4.37. The second-order valence-corrected chi connectivity index (χ2v) is 8.35. The Labute approximate surface area is 175 Å². The fraction of sp³-hybridized carbons (Fsp3) is 0.727. The maximum atomic E-state index is 12.6. The quantitative estimate of drug-likeness (QED) is 0.558. The van der Waals surface area contributed by atoms with Gasteiger partial charge in [-0.05, 0) is 31.9 Å². The minimum absolute atomic E-state index is 0.300. The molecule has 1 saturated heterocycles. The Balaban J connectivity index is 1.43. The zero-order valence-corrected chi connectivity index (χ0v) is 18.4. The molecule has 0 bridgehead atoms. The topological polar surface area (TPSA) is 56.1 Å². The Bertz CT molecular complexity index is 671. The summed E-state index contributed by atoms with van der Waals surface area (Å²) in [5.74, 6) is 1.65. The third kappa shape index (κ3) is 5.98. The predicted molar refractivity (Wildman–Crippen MR) is 118 cm³/mol. The number of aromatic nitrogens is 1. The van der Waals surface area contributed by atoms with E-state index in [1.807, 2.05) is 0 Å². The van der Waals surface area contributed by atoms with Gasteiger partial charge in [-0.15, -0.1) is 0 Å². The largest absolute Gasteiger partial charge is 0.357 e. The molecule has 1 aromatic heterocycles. The van der Waals surface area contributed by atoms with E-state index in [9.17, 15) is 4.79 Å². The highest BCUT2D eigenvalue weighted by molar-refractivity contribution is 5.80. The van der Waals surface area contributed by atoms with E-state index in [0.717, 1.165) is 71.2 Å². The Hall–Kier alpha value is -2.02. The monoisotopic (exact) mass is 402 g/mol. The van der Waals surface area contributed by atoms with Crippen molar-refractivity contribution in [1.82, 2.24) is 24.6 Å². The smallest absolute Gasteiger partial charge is 0.225 e. The number of guanidine groups is 1. The normalized spacial score (nSPS) is 19.0. The third-order valence-corrected chi connectivity index (χ3v) is 6.21. The Morgan fingerprint density at radius 1 is 1.24 bits per heavy atom. The van der Waals surface area contributed by atoms with Crippen LogP contribution in [0.1, 0.15) is 38.3 Å². The number of aliphatic imine (C=N–C) groups is 1. The van der Waals surface area contributed by atoms with Gasteiger partial charge in [-0.1, -0.05) is 12.8 Å². The molecule has 1 saturated carbocycles. The average Bonchev–Trinajstić information content (AvgIpc) is 3.40. The number of hydrogen-bond acceptors (Lipinski definition) is 3. The number of nitrogens with one attached hydrogen (secondary N) is 1. The summed E-state index contributed by atoms with van der Waals surface area (Å²) < 4.78 is 2.15. The first-order valence-corrected chi connectivity index (χ1v) is 11.2. The van der Waals surface area contributed by atoms with Crippen molar-refractivity contribution in [1.29, 1.82) is 0 Å². The molecular formula is C22H38N6O. The minimum Gasteiger partial charge on any atom is -0.357 e. The van der Waals surface area contributed by atoms with Gasteiger partial charge < -0.3 is 19.7 Å². The van der Waals surface area contributed by atoms with Gasteiger partial charge in [0.1, 0.15) is 0 Å². The number of nitrogens with zero attached hydrogens (tertiary/aromatic N) is 5. The van der Waals surface area contributed by atoms with Crippen LogP contribution < -0.4 is 5.32 Å². The van der Waals surface area contributed by atoms with E-state index in [1.165, 1.54) is 18.5 Å². The first-order valence-electron chi connectivity index (χ1n) is 11.2. The van der Waals surface area contributed by atoms with Crippen LogP contribution in [0.3, 0.4) is 0 Å². The lowest BCUT2D eigenvalue weighted by atomic mass is 10.1. The molecular weight excluding hydrogens is 364 g/mol. The molecule has 0 atom stereocenters. The highest BCUT2D eigenvalue weighted by Crippen LogP contribution is 2.26.